The molecule has 0 saturated carbocycles. The van der Waals surface area contributed by atoms with Crippen LogP contribution in [0.1, 0.15) is 22.3 Å². The second-order valence-corrected chi connectivity index (χ2v) is 4.58. The fourth-order valence-corrected chi connectivity index (χ4v) is 2.34. The van der Waals surface area contributed by atoms with Crippen LogP contribution < -0.4 is 14.8 Å². The minimum atomic E-state index is 0.0475. The van der Waals surface area contributed by atoms with Crippen molar-refractivity contribution in [2.24, 2.45) is 5.92 Å². The number of Topliss-reactive ketones (excluding diaryl/α,β-unsaturated/α-hetero) is 1. The second-order valence-electron chi connectivity index (χ2n) is 4.58. The van der Waals surface area contributed by atoms with Crippen LogP contribution in [0, 0.1) is 12.8 Å². The van der Waals surface area contributed by atoms with E-state index in [0.717, 1.165) is 30.8 Å². The van der Waals surface area contributed by atoms with Gasteiger partial charge in [0.1, 0.15) is 11.5 Å². The molecule has 0 radical (unpaired) electrons. The molecule has 1 atom stereocenters. The predicted octanol–water partition coefficient (Wildman–Crippen LogP) is 1.80. The summed E-state index contributed by atoms with van der Waals surface area (Å²) in [5.74, 6) is 1.54. The summed E-state index contributed by atoms with van der Waals surface area (Å²) in [5, 5.41) is 3.21. The van der Waals surface area contributed by atoms with Gasteiger partial charge >= 0.3 is 0 Å². The highest BCUT2D eigenvalue weighted by molar-refractivity contribution is 6.01. The molecule has 1 aromatic carbocycles. The second kappa shape index (κ2) is 5.40. The Morgan fingerprint density at radius 2 is 2.00 bits per heavy atom. The van der Waals surface area contributed by atoms with Crippen LogP contribution in [-0.2, 0) is 0 Å². The highest BCUT2D eigenvalue weighted by atomic mass is 16.5. The van der Waals surface area contributed by atoms with E-state index in [-0.39, 0.29) is 11.7 Å². The zero-order valence-electron chi connectivity index (χ0n) is 11.1. The minimum absolute atomic E-state index is 0.0475. The predicted molar refractivity (Wildman–Crippen MR) is 69.6 cm³/mol. The van der Waals surface area contributed by atoms with Crippen LogP contribution in [0.25, 0.3) is 0 Å². The van der Waals surface area contributed by atoms with Gasteiger partial charge in [-0.2, -0.15) is 0 Å². The quantitative estimate of drug-likeness (QED) is 0.827. The fraction of sp³-hybridized carbons (Fsp3) is 0.500. The van der Waals surface area contributed by atoms with Crippen LogP contribution in [0.2, 0.25) is 0 Å². The summed E-state index contributed by atoms with van der Waals surface area (Å²) in [4.78, 5) is 12.4. The highest BCUT2D eigenvalue weighted by Crippen LogP contribution is 2.30. The molecule has 1 aliphatic heterocycles. The summed E-state index contributed by atoms with van der Waals surface area (Å²) < 4.78 is 10.6. The number of ether oxygens (including phenoxy) is 2. The molecular weight excluding hydrogens is 230 g/mol. The largest absolute Gasteiger partial charge is 0.496 e. The summed E-state index contributed by atoms with van der Waals surface area (Å²) in [7, 11) is 3.20. The first-order valence-corrected chi connectivity index (χ1v) is 6.15. The third-order valence-electron chi connectivity index (χ3n) is 3.41. The Kier molecular flexibility index (Phi) is 3.87. The van der Waals surface area contributed by atoms with Crippen molar-refractivity contribution < 1.29 is 14.3 Å². The van der Waals surface area contributed by atoms with E-state index in [2.05, 4.69) is 5.32 Å². The van der Waals surface area contributed by atoms with E-state index < -0.39 is 0 Å². The summed E-state index contributed by atoms with van der Waals surface area (Å²) >= 11 is 0. The Morgan fingerprint density at radius 1 is 1.28 bits per heavy atom. The fourth-order valence-electron chi connectivity index (χ4n) is 2.34. The molecule has 0 aromatic heterocycles. The number of hydrogen-bond acceptors (Lipinski definition) is 4. The van der Waals surface area contributed by atoms with Crippen molar-refractivity contribution >= 4 is 5.78 Å². The van der Waals surface area contributed by atoms with E-state index in [4.69, 9.17) is 9.47 Å². The first-order chi connectivity index (χ1) is 8.67. The first-order valence-electron chi connectivity index (χ1n) is 6.15. The van der Waals surface area contributed by atoms with E-state index in [1.54, 1.807) is 20.3 Å². The molecule has 1 heterocycles. The van der Waals surface area contributed by atoms with Gasteiger partial charge in [0.15, 0.2) is 5.78 Å². The molecule has 0 spiro atoms. The highest BCUT2D eigenvalue weighted by Gasteiger charge is 2.26. The molecule has 0 aliphatic carbocycles. The smallest absolute Gasteiger partial charge is 0.171 e. The van der Waals surface area contributed by atoms with Gasteiger partial charge < -0.3 is 14.8 Å². The van der Waals surface area contributed by atoms with E-state index in [0.29, 0.717) is 11.3 Å². The zero-order valence-corrected chi connectivity index (χ0v) is 11.1. The maximum absolute atomic E-state index is 12.4. The number of hydrogen-bond donors (Lipinski definition) is 1. The normalized spacial score (nSPS) is 18.7. The van der Waals surface area contributed by atoms with Crippen molar-refractivity contribution in [2.75, 3.05) is 27.3 Å². The Balaban J connectivity index is 2.38. The summed E-state index contributed by atoms with van der Waals surface area (Å²) in [6, 6.07) is 3.64. The Hall–Kier alpha value is -1.55. The molecule has 4 heteroatoms. The lowest BCUT2D eigenvalue weighted by atomic mass is 9.95. The van der Waals surface area contributed by atoms with Crippen molar-refractivity contribution in [3.8, 4) is 11.5 Å². The van der Waals surface area contributed by atoms with Gasteiger partial charge in [-0.15, -0.1) is 0 Å². The van der Waals surface area contributed by atoms with Crippen LogP contribution in [-0.4, -0.2) is 33.1 Å². The molecule has 1 saturated heterocycles. The summed E-state index contributed by atoms with van der Waals surface area (Å²) in [6.07, 6.45) is 0.887. The molecule has 4 nitrogen and oxygen atoms in total. The van der Waals surface area contributed by atoms with Gasteiger partial charge in [0.05, 0.1) is 19.8 Å². The number of rotatable bonds is 4. The Bertz CT molecular complexity index is 451. The van der Waals surface area contributed by atoms with E-state index in [9.17, 15) is 4.79 Å². The third-order valence-corrected chi connectivity index (χ3v) is 3.41. The molecule has 98 valence electrons. The van der Waals surface area contributed by atoms with Crippen LogP contribution in [0.15, 0.2) is 12.1 Å². The van der Waals surface area contributed by atoms with Gasteiger partial charge in [-0.05, 0) is 37.6 Å². The van der Waals surface area contributed by atoms with Gasteiger partial charge in [0, 0.05) is 12.5 Å². The topological polar surface area (TPSA) is 47.6 Å². The maximum Gasteiger partial charge on any atom is 0.171 e. The van der Waals surface area contributed by atoms with Crippen molar-refractivity contribution in [2.45, 2.75) is 13.3 Å². The number of carbonyl (C=O) groups is 1. The third kappa shape index (κ3) is 2.34. The number of benzene rings is 1. The van der Waals surface area contributed by atoms with Gasteiger partial charge in [-0.1, -0.05) is 0 Å². The number of aryl methyl sites for hydroxylation is 1. The standard InChI is InChI=1S/C14H19NO3/c1-9-6-13(18-3)11(7-12(9)17-2)14(16)10-4-5-15-8-10/h6-7,10,15H,4-5,8H2,1-3H3. The van der Waals surface area contributed by atoms with Gasteiger partial charge in [0.25, 0.3) is 0 Å². The number of carbonyl (C=O) groups excluding carboxylic acids is 1. The maximum atomic E-state index is 12.4. The van der Waals surface area contributed by atoms with Crippen molar-refractivity contribution in [3.63, 3.8) is 0 Å². The molecular formula is C14H19NO3. The molecule has 1 aliphatic rings. The molecule has 18 heavy (non-hydrogen) atoms. The molecule has 1 unspecified atom stereocenters. The molecule has 1 aromatic rings. The Labute approximate surface area is 107 Å². The average molecular weight is 249 g/mol. The van der Waals surface area contributed by atoms with Crippen LogP contribution in [0.4, 0.5) is 0 Å². The first kappa shape index (κ1) is 12.9. The monoisotopic (exact) mass is 249 g/mol. The van der Waals surface area contributed by atoms with Gasteiger partial charge in [0.2, 0.25) is 0 Å². The molecule has 1 N–H and O–H groups in total. The van der Waals surface area contributed by atoms with Crippen molar-refractivity contribution in [3.05, 3.63) is 23.3 Å². The minimum Gasteiger partial charge on any atom is -0.496 e. The lowest BCUT2D eigenvalue weighted by molar-refractivity contribution is 0.0927. The SMILES string of the molecule is COc1cc(C(=O)C2CCNC2)c(OC)cc1C. The molecule has 0 bridgehead atoms. The van der Waals surface area contributed by atoms with E-state index in [1.807, 2.05) is 13.0 Å². The van der Waals surface area contributed by atoms with Crippen LogP contribution in [0.3, 0.4) is 0 Å². The van der Waals surface area contributed by atoms with Crippen LogP contribution >= 0.6 is 0 Å². The molecule has 2 rings (SSSR count). The summed E-state index contributed by atoms with van der Waals surface area (Å²) in [6.45, 7) is 3.59. The van der Waals surface area contributed by atoms with Gasteiger partial charge in [-0.25, -0.2) is 0 Å². The molecule has 1 fully saturated rings. The van der Waals surface area contributed by atoms with E-state index in [1.165, 1.54) is 0 Å². The van der Waals surface area contributed by atoms with Crippen molar-refractivity contribution in [1.29, 1.82) is 0 Å². The molecule has 0 amide bonds. The lowest BCUT2D eigenvalue weighted by Crippen LogP contribution is -2.18. The van der Waals surface area contributed by atoms with E-state index >= 15 is 0 Å². The number of nitrogens with one attached hydrogen (secondary N) is 1. The van der Waals surface area contributed by atoms with Crippen LogP contribution in [0.5, 0.6) is 11.5 Å². The zero-order chi connectivity index (χ0) is 13.1. The lowest BCUT2D eigenvalue weighted by Gasteiger charge is -2.14. The van der Waals surface area contributed by atoms with Crippen molar-refractivity contribution in [1.82, 2.24) is 5.32 Å². The summed E-state index contributed by atoms with van der Waals surface area (Å²) in [5.41, 5.74) is 1.59. The van der Waals surface area contributed by atoms with Gasteiger partial charge in [-0.3, -0.25) is 4.79 Å². The number of methoxy groups -OCH3 is 2. The Morgan fingerprint density at radius 3 is 2.56 bits per heavy atom. The number of ketones is 1. The average Bonchev–Trinajstić information content (AvgIpc) is 2.91.